The summed E-state index contributed by atoms with van der Waals surface area (Å²) in [5.74, 6) is -1.43. The van der Waals surface area contributed by atoms with Gasteiger partial charge in [-0.25, -0.2) is 8.78 Å². The molecular formula is C31H39F2N3O5. The molecule has 2 heterocycles. The number of carbonyl (C=O) groups is 3. The SMILES string of the molecule is O=C(O)CC(NC(=O)C1CCCN(C(=O)CCC2CCNCC2)C1)c1cc(F)cc(-c2ccc(OCCF)cc2)c1. The van der Waals surface area contributed by atoms with Crippen molar-refractivity contribution >= 4 is 17.8 Å². The molecule has 2 fully saturated rings. The first-order valence-electron chi connectivity index (χ1n) is 14.4. The number of carboxylic acids is 1. The number of carboxylic acid groups (broad SMARTS) is 1. The van der Waals surface area contributed by atoms with Crippen LogP contribution in [-0.2, 0) is 14.4 Å². The fourth-order valence-electron chi connectivity index (χ4n) is 5.67. The first kappa shape index (κ1) is 30.4. The molecule has 3 N–H and O–H groups in total. The summed E-state index contributed by atoms with van der Waals surface area (Å²) in [6.45, 7) is 2.20. The summed E-state index contributed by atoms with van der Waals surface area (Å²) in [7, 11) is 0. The minimum atomic E-state index is -1.13. The summed E-state index contributed by atoms with van der Waals surface area (Å²) >= 11 is 0. The number of carbonyl (C=O) groups excluding carboxylic acids is 2. The number of rotatable bonds is 12. The van der Waals surface area contributed by atoms with E-state index < -0.39 is 36.8 Å². The highest BCUT2D eigenvalue weighted by Crippen LogP contribution is 2.29. The zero-order valence-corrected chi connectivity index (χ0v) is 23.2. The summed E-state index contributed by atoms with van der Waals surface area (Å²) < 4.78 is 32.4. The highest BCUT2D eigenvalue weighted by Gasteiger charge is 2.31. The van der Waals surface area contributed by atoms with Gasteiger partial charge in [0, 0.05) is 19.5 Å². The summed E-state index contributed by atoms with van der Waals surface area (Å²) in [6, 6.07) is 9.97. The molecule has 8 nitrogen and oxygen atoms in total. The molecule has 2 aromatic rings. The third kappa shape index (κ3) is 8.98. The number of aliphatic carboxylic acids is 1. The second-order valence-corrected chi connectivity index (χ2v) is 10.9. The lowest BCUT2D eigenvalue weighted by Gasteiger charge is -2.33. The van der Waals surface area contributed by atoms with Gasteiger partial charge in [0.25, 0.3) is 0 Å². The number of piperidine rings is 2. The van der Waals surface area contributed by atoms with Crippen molar-refractivity contribution in [1.29, 1.82) is 0 Å². The number of alkyl halides is 1. The Labute approximate surface area is 239 Å². The largest absolute Gasteiger partial charge is 0.491 e. The van der Waals surface area contributed by atoms with E-state index in [2.05, 4.69) is 10.6 Å². The zero-order chi connectivity index (χ0) is 29.2. The van der Waals surface area contributed by atoms with Gasteiger partial charge in [-0.15, -0.1) is 0 Å². The molecule has 0 radical (unpaired) electrons. The van der Waals surface area contributed by atoms with Crippen LogP contribution in [0.1, 0.15) is 56.6 Å². The molecule has 0 aromatic heterocycles. The number of benzene rings is 2. The van der Waals surface area contributed by atoms with Crippen molar-refractivity contribution in [3.05, 3.63) is 53.8 Å². The van der Waals surface area contributed by atoms with Gasteiger partial charge in [0.1, 0.15) is 24.8 Å². The molecule has 2 amide bonds. The van der Waals surface area contributed by atoms with Gasteiger partial charge in [-0.3, -0.25) is 14.4 Å². The first-order valence-corrected chi connectivity index (χ1v) is 14.4. The molecule has 0 spiro atoms. The smallest absolute Gasteiger partial charge is 0.305 e. The molecule has 2 unspecified atom stereocenters. The molecule has 10 heteroatoms. The van der Waals surface area contributed by atoms with Gasteiger partial charge in [0.2, 0.25) is 11.8 Å². The van der Waals surface area contributed by atoms with Gasteiger partial charge in [0.15, 0.2) is 0 Å². The summed E-state index contributed by atoms with van der Waals surface area (Å²) in [6.07, 6.45) is 4.33. The van der Waals surface area contributed by atoms with E-state index in [0.29, 0.717) is 60.7 Å². The number of nitrogens with zero attached hydrogens (tertiary/aromatic N) is 1. The number of hydrogen-bond acceptors (Lipinski definition) is 5. The topological polar surface area (TPSA) is 108 Å². The van der Waals surface area contributed by atoms with E-state index in [-0.39, 0.29) is 18.4 Å². The monoisotopic (exact) mass is 571 g/mol. The van der Waals surface area contributed by atoms with Crippen molar-refractivity contribution in [2.45, 2.75) is 51.0 Å². The molecule has 41 heavy (non-hydrogen) atoms. The minimum absolute atomic E-state index is 0.0546. The van der Waals surface area contributed by atoms with E-state index in [0.717, 1.165) is 32.4 Å². The Hall–Kier alpha value is -3.53. The summed E-state index contributed by atoms with van der Waals surface area (Å²) in [4.78, 5) is 39.7. The Morgan fingerprint density at radius 1 is 1.07 bits per heavy atom. The van der Waals surface area contributed by atoms with Crippen molar-refractivity contribution in [2.24, 2.45) is 11.8 Å². The van der Waals surface area contributed by atoms with Gasteiger partial charge in [-0.1, -0.05) is 12.1 Å². The predicted molar refractivity (Wildman–Crippen MR) is 151 cm³/mol. The van der Waals surface area contributed by atoms with Gasteiger partial charge in [-0.2, -0.15) is 0 Å². The molecule has 0 bridgehead atoms. The van der Waals surface area contributed by atoms with Crippen LogP contribution in [0.4, 0.5) is 8.78 Å². The van der Waals surface area contributed by atoms with E-state index in [1.165, 1.54) is 12.1 Å². The van der Waals surface area contributed by atoms with E-state index in [9.17, 15) is 28.3 Å². The predicted octanol–water partition coefficient (Wildman–Crippen LogP) is 4.49. The molecule has 0 saturated carbocycles. The van der Waals surface area contributed by atoms with E-state index >= 15 is 0 Å². The lowest BCUT2D eigenvalue weighted by atomic mass is 9.92. The minimum Gasteiger partial charge on any atom is -0.491 e. The quantitative estimate of drug-likeness (QED) is 0.347. The fourth-order valence-corrected chi connectivity index (χ4v) is 5.67. The van der Waals surface area contributed by atoms with E-state index in [4.69, 9.17) is 4.74 Å². The van der Waals surface area contributed by atoms with Gasteiger partial charge in [0.05, 0.1) is 18.4 Å². The second-order valence-electron chi connectivity index (χ2n) is 10.9. The third-order valence-corrected chi connectivity index (χ3v) is 7.92. The molecule has 0 aliphatic carbocycles. The summed E-state index contributed by atoms with van der Waals surface area (Å²) in [5, 5.41) is 15.7. The van der Waals surface area contributed by atoms with Crippen LogP contribution < -0.4 is 15.4 Å². The third-order valence-electron chi connectivity index (χ3n) is 7.92. The van der Waals surface area contributed by atoms with Crippen LogP contribution in [0.15, 0.2) is 42.5 Å². The Morgan fingerprint density at radius 2 is 1.83 bits per heavy atom. The van der Waals surface area contributed by atoms with E-state index in [1.807, 2.05) is 0 Å². The molecule has 2 saturated heterocycles. The molecule has 4 rings (SSSR count). The first-order chi connectivity index (χ1) is 19.8. The number of nitrogens with one attached hydrogen (secondary N) is 2. The maximum absolute atomic E-state index is 14.7. The molecule has 2 aliphatic rings. The average molecular weight is 572 g/mol. The normalized spacial score (nSPS) is 18.5. The maximum Gasteiger partial charge on any atom is 0.305 e. The fraction of sp³-hybridized carbons (Fsp3) is 0.516. The van der Waals surface area contributed by atoms with Gasteiger partial charge >= 0.3 is 5.97 Å². The van der Waals surface area contributed by atoms with Crippen LogP contribution in [0.3, 0.4) is 0 Å². The second kappa shape index (κ2) is 14.9. The van der Waals surface area contributed by atoms with Crippen LogP contribution in [0.25, 0.3) is 11.1 Å². The van der Waals surface area contributed by atoms with Crippen LogP contribution in [0, 0.1) is 17.7 Å². The molecule has 222 valence electrons. The van der Waals surface area contributed by atoms with Gasteiger partial charge < -0.3 is 25.4 Å². The molecule has 2 atom stereocenters. The highest BCUT2D eigenvalue weighted by atomic mass is 19.1. The van der Waals surface area contributed by atoms with Crippen molar-refractivity contribution in [3.63, 3.8) is 0 Å². The molecule has 2 aliphatic heterocycles. The number of amides is 2. The van der Waals surface area contributed by atoms with Crippen LogP contribution in [-0.4, -0.2) is 67.3 Å². The zero-order valence-electron chi connectivity index (χ0n) is 23.2. The Morgan fingerprint density at radius 3 is 2.54 bits per heavy atom. The lowest BCUT2D eigenvalue weighted by Crippen LogP contribution is -2.46. The van der Waals surface area contributed by atoms with Crippen molar-refractivity contribution in [3.8, 4) is 16.9 Å². The van der Waals surface area contributed by atoms with Crippen LogP contribution >= 0.6 is 0 Å². The van der Waals surface area contributed by atoms with Crippen LogP contribution in [0.5, 0.6) is 5.75 Å². The Kier molecular flexibility index (Phi) is 11.1. The van der Waals surface area contributed by atoms with Crippen LogP contribution in [0.2, 0.25) is 0 Å². The van der Waals surface area contributed by atoms with Crippen molar-refractivity contribution in [1.82, 2.24) is 15.5 Å². The van der Waals surface area contributed by atoms with E-state index in [1.54, 1.807) is 35.2 Å². The Bertz CT molecular complexity index is 1190. The standard InChI is InChI=1S/C31H39F2N3O5/c32-11-15-41-27-6-4-22(5-7-27)24-16-25(18-26(33)17-24)28(19-30(38)39)35-31(40)23-2-1-14-36(20-23)29(37)8-3-21-9-12-34-13-10-21/h4-7,16-18,21,23,28,34H,1-3,8-15,19-20H2,(H,35,40)(H,38,39). The van der Waals surface area contributed by atoms with Crippen molar-refractivity contribution in [2.75, 3.05) is 39.5 Å². The number of hydrogen-bond donors (Lipinski definition) is 3. The molecular weight excluding hydrogens is 532 g/mol. The summed E-state index contributed by atoms with van der Waals surface area (Å²) in [5.41, 5.74) is 1.49. The average Bonchev–Trinajstić information content (AvgIpc) is 2.98. The number of ether oxygens (including phenoxy) is 1. The van der Waals surface area contributed by atoms with Gasteiger partial charge in [-0.05, 0) is 98.1 Å². The maximum atomic E-state index is 14.7. The number of likely N-dealkylation sites (tertiary alicyclic amines) is 1. The highest BCUT2D eigenvalue weighted by molar-refractivity contribution is 5.82. The van der Waals surface area contributed by atoms with Crippen molar-refractivity contribution < 1.29 is 33.0 Å². The molecule has 2 aromatic carbocycles. The Balaban J connectivity index is 1.42. The lowest BCUT2D eigenvalue weighted by molar-refractivity contribution is -0.138. The number of halogens is 2.